The topological polar surface area (TPSA) is 27.0 Å². The van der Waals surface area contributed by atoms with Crippen molar-refractivity contribution in [1.29, 1.82) is 5.26 Å². The Labute approximate surface area is 91.1 Å². The van der Waals surface area contributed by atoms with E-state index in [4.69, 9.17) is 5.26 Å². The van der Waals surface area contributed by atoms with E-state index in [9.17, 15) is 0 Å². The largest absolute Gasteiger partial charge is 0.370 e. The summed E-state index contributed by atoms with van der Waals surface area (Å²) in [4.78, 5) is 2.34. The van der Waals surface area contributed by atoms with Crippen molar-refractivity contribution in [3.63, 3.8) is 0 Å². The summed E-state index contributed by atoms with van der Waals surface area (Å²) in [6.07, 6.45) is 3.82. The Morgan fingerprint density at radius 3 is 2.60 bits per heavy atom. The Balaban J connectivity index is 2.34. The molecular weight excluding hydrogens is 184 g/mol. The highest BCUT2D eigenvalue weighted by atomic mass is 15.1. The van der Waals surface area contributed by atoms with Gasteiger partial charge in [-0.3, -0.25) is 0 Å². The predicted molar refractivity (Wildman–Crippen MR) is 62.0 cm³/mol. The third-order valence-corrected chi connectivity index (χ3v) is 3.06. The second-order valence-corrected chi connectivity index (χ2v) is 4.13. The molecule has 78 valence electrons. The van der Waals surface area contributed by atoms with Gasteiger partial charge in [0.1, 0.15) is 6.07 Å². The van der Waals surface area contributed by atoms with Gasteiger partial charge in [0.2, 0.25) is 0 Å². The fourth-order valence-corrected chi connectivity index (χ4v) is 2.20. The molecule has 1 aromatic carbocycles. The first-order chi connectivity index (χ1) is 7.33. The lowest BCUT2D eigenvalue weighted by Gasteiger charge is -2.29. The number of anilines is 1. The van der Waals surface area contributed by atoms with Gasteiger partial charge in [-0.1, -0.05) is 12.1 Å². The molecule has 0 atom stereocenters. The number of benzene rings is 1. The average Bonchev–Trinajstić information content (AvgIpc) is 2.30. The third-order valence-electron chi connectivity index (χ3n) is 3.06. The van der Waals surface area contributed by atoms with E-state index in [2.05, 4.69) is 17.0 Å². The van der Waals surface area contributed by atoms with Crippen molar-refractivity contribution < 1.29 is 0 Å². The van der Waals surface area contributed by atoms with Gasteiger partial charge in [-0.25, -0.2) is 0 Å². The van der Waals surface area contributed by atoms with E-state index in [1.807, 2.05) is 19.1 Å². The number of nitrogens with zero attached hydrogens (tertiary/aromatic N) is 2. The molecule has 2 rings (SSSR count). The Morgan fingerprint density at radius 2 is 1.93 bits per heavy atom. The molecule has 1 aromatic rings. The van der Waals surface area contributed by atoms with Crippen LogP contribution in [0.5, 0.6) is 0 Å². The van der Waals surface area contributed by atoms with Gasteiger partial charge in [-0.15, -0.1) is 0 Å². The summed E-state index contributed by atoms with van der Waals surface area (Å²) in [5, 5.41) is 9.15. The lowest BCUT2D eigenvalue weighted by Crippen LogP contribution is -2.30. The molecule has 2 nitrogen and oxygen atoms in total. The minimum atomic E-state index is 0.847. The minimum absolute atomic E-state index is 0.847. The lowest BCUT2D eigenvalue weighted by atomic mass is 10.0. The van der Waals surface area contributed by atoms with E-state index in [1.165, 1.54) is 19.3 Å². The van der Waals surface area contributed by atoms with Crippen molar-refractivity contribution in [1.82, 2.24) is 0 Å². The number of hydrogen-bond donors (Lipinski definition) is 0. The zero-order valence-electron chi connectivity index (χ0n) is 9.16. The van der Waals surface area contributed by atoms with Crippen LogP contribution in [0.3, 0.4) is 0 Å². The van der Waals surface area contributed by atoms with Crippen LogP contribution in [0.15, 0.2) is 18.2 Å². The molecule has 1 saturated heterocycles. The molecule has 1 aliphatic rings. The summed E-state index contributed by atoms with van der Waals surface area (Å²) in [5.41, 5.74) is 3.05. The summed E-state index contributed by atoms with van der Waals surface area (Å²) in [6, 6.07) is 8.43. The van der Waals surface area contributed by atoms with Gasteiger partial charge in [0.15, 0.2) is 0 Å². The summed E-state index contributed by atoms with van der Waals surface area (Å²) in [5.74, 6) is 0. The first-order valence-corrected chi connectivity index (χ1v) is 5.57. The smallest absolute Gasteiger partial charge is 0.102 e. The van der Waals surface area contributed by atoms with Crippen LogP contribution in [0.25, 0.3) is 0 Å². The molecule has 0 spiro atoms. The zero-order valence-corrected chi connectivity index (χ0v) is 9.16. The van der Waals surface area contributed by atoms with Crippen LogP contribution in [0.1, 0.15) is 30.4 Å². The SMILES string of the molecule is Cc1cccc(N2CCCCC2)c1C#N. The molecule has 1 fully saturated rings. The van der Waals surface area contributed by atoms with Crippen LogP contribution in [0.4, 0.5) is 5.69 Å². The van der Waals surface area contributed by atoms with Gasteiger partial charge < -0.3 is 4.90 Å². The monoisotopic (exact) mass is 200 g/mol. The Kier molecular flexibility index (Phi) is 2.91. The number of piperidine rings is 1. The molecule has 0 N–H and O–H groups in total. The molecule has 15 heavy (non-hydrogen) atoms. The first-order valence-electron chi connectivity index (χ1n) is 5.57. The fraction of sp³-hybridized carbons (Fsp3) is 0.462. The Hall–Kier alpha value is -1.49. The van der Waals surface area contributed by atoms with Gasteiger partial charge in [0.25, 0.3) is 0 Å². The van der Waals surface area contributed by atoms with Crippen molar-refractivity contribution in [2.75, 3.05) is 18.0 Å². The lowest BCUT2D eigenvalue weighted by molar-refractivity contribution is 0.577. The average molecular weight is 200 g/mol. The molecule has 1 heterocycles. The van der Waals surface area contributed by atoms with Crippen LogP contribution in [0, 0.1) is 18.3 Å². The van der Waals surface area contributed by atoms with Crippen LogP contribution >= 0.6 is 0 Å². The van der Waals surface area contributed by atoms with Crippen LogP contribution in [-0.4, -0.2) is 13.1 Å². The van der Waals surface area contributed by atoms with Crippen LogP contribution < -0.4 is 4.90 Å². The van der Waals surface area contributed by atoms with Gasteiger partial charge in [0.05, 0.1) is 11.3 Å². The Morgan fingerprint density at radius 1 is 1.20 bits per heavy atom. The van der Waals surface area contributed by atoms with Gasteiger partial charge in [-0.05, 0) is 37.8 Å². The van der Waals surface area contributed by atoms with Gasteiger partial charge >= 0.3 is 0 Å². The molecular formula is C13H16N2. The number of rotatable bonds is 1. The zero-order chi connectivity index (χ0) is 10.7. The molecule has 0 bridgehead atoms. The second-order valence-electron chi connectivity index (χ2n) is 4.13. The summed E-state index contributed by atoms with van der Waals surface area (Å²) in [6.45, 7) is 4.20. The van der Waals surface area contributed by atoms with Crippen molar-refractivity contribution in [2.24, 2.45) is 0 Å². The van der Waals surface area contributed by atoms with Gasteiger partial charge in [0, 0.05) is 13.1 Å². The standard InChI is InChI=1S/C13H16N2/c1-11-6-5-7-13(12(11)10-14)15-8-3-2-4-9-15/h5-7H,2-4,8-9H2,1H3. The van der Waals surface area contributed by atoms with Crippen molar-refractivity contribution in [3.8, 4) is 6.07 Å². The maximum Gasteiger partial charge on any atom is 0.102 e. The van der Waals surface area contributed by atoms with Crippen LogP contribution in [-0.2, 0) is 0 Å². The van der Waals surface area contributed by atoms with E-state index in [-0.39, 0.29) is 0 Å². The first kappa shape index (κ1) is 10.0. The van der Waals surface area contributed by atoms with Crippen molar-refractivity contribution in [2.45, 2.75) is 26.2 Å². The van der Waals surface area contributed by atoms with E-state index in [1.54, 1.807) is 0 Å². The van der Waals surface area contributed by atoms with Crippen molar-refractivity contribution >= 4 is 5.69 Å². The summed E-state index contributed by atoms with van der Waals surface area (Å²) < 4.78 is 0. The normalized spacial score (nSPS) is 16.1. The minimum Gasteiger partial charge on any atom is -0.370 e. The molecule has 0 radical (unpaired) electrons. The maximum absolute atomic E-state index is 9.15. The second kappa shape index (κ2) is 4.35. The molecule has 0 amide bonds. The molecule has 1 aliphatic heterocycles. The molecule has 0 aliphatic carbocycles. The molecule has 0 unspecified atom stereocenters. The third kappa shape index (κ3) is 1.97. The van der Waals surface area contributed by atoms with E-state index < -0.39 is 0 Å². The number of hydrogen-bond acceptors (Lipinski definition) is 2. The highest BCUT2D eigenvalue weighted by Gasteiger charge is 2.14. The highest BCUT2D eigenvalue weighted by Crippen LogP contribution is 2.25. The van der Waals surface area contributed by atoms with Crippen LogP contribution in [0.2, 0.25) is 0 Å². The molecule has 2 heteroatoms. The number of aryl methyl sites for hydroxylation is 1. The van der Waals surface area contributed by atoms with E-state index in [0.717, 1.165) is 29.9 Å². The Bertz CT molecular complexity index is 384. The molecule has 0 aromatic heterocycles. The summed E-state index contributed by atoms with van der Waals surface area (Å²) in [7, 11) is 0. The fourth-order valence-electron chi connectivity index (χ4n) is 2.20. The van der Waals surface area contributed by atoms with E-state index in [0.29, 0.717) is 0 Å². The maximum atomic E-state index is 9.15. The molecule has 0 saturated carbocycles. The van der Waals surface area contributed by atoms with E-state index >= 15 is 0 Å². The van der Waals surface area contributed by atoms with Gasteiger partial charge in [-0.2, -0.15) is 5.26 Å². The van der Waals surface area contributed by atoms with Crippen molar-refractivity contribution in [3.05, 3.63) is 29.3 Å². The highest BCUT2D eigenvalue weighted by molar-refractivity contribution is 5.62. The quantitative estimate of drug-likeness (QED) is 0.697. The predicted octanol–water partition coefficient (Wildman–Crippen LogP) is 2.86. The number of nitriles is 1. The summed E-state index contributed by atoms with van der Waals surface area (Å²) >= 11 is 0.